The van der Waals surface area contributed by atoms with Crippen molar-refractivity contribution in [2.75, 3.05) is 0 Å². The SMILES string of the molecule is O=C1CCCC(=O)O1.O=C1CCCc2nc3ccccc3n21. The molecule has 0 radical (unpaired) electrons. The Morgan fingerprint density at radius 3 is 2.27 bits per heavy atom. The highest BCUT2D eigenvalue weighted by Gasteiger charge is 2.20. The molecule has 2 aliphatic heterocycles. The molecule has 0 aliphatic carbocycles. The van der Waals surface area contributed by atoms with E-state index in [1.165, 1.54) is 0 Å². The highest BCUT2D eigenvalue weighted by atomic mass is 16.6. The number of aromatic nitrogens is 2. The van der Waals surface area contributed by atoms with Crippen LogP contribution in [0.3, 0.4) is 0 Å². The number of esters is 2. The first-order valence-electron chi connectivity index (χ1n) is 7.38. The van der Waals surface area contributed by atoms with Crippen LogP contribution in [0.5, 0.6) is 0 Å². The maximum Gasteiger partial charge on any atom is 0.313 e. The van der Waals surface area contributed by atoms with E-state index in [4.69, 9.17) is 0 Å². The van der Waals surface area contributed by atoms with Gasteiger partial charge in [-0.3, -0.25) is 19.0 Å². The van der Waals surface area contributed by atoms with E-state index in [0.29, 0.717) is 25.7 Å². The number of ether oxygens (including phenoxy) is 1. The average molecular weight is 300 g/mol. The summed E-state index contributed by atoms with van der Waals surface area (Å²) in [6, 6.07) is 7.80. The van der Waals surface area contributed by atoms with E-state index in [0.717, 1.165) is 29.7 Å². The van der Waals surface area contributed by atoms with Gasteiger partial charge in [0.25, 0.3) is 0 Å². The molecule has 1 aromatic carbocycles. The first kappa shape index (κ1) is 14.4. The summed E-state index contributed by atoms with van der Waals surface area (Å²) >= 11 is 0. The van der Waals surface area contributed by atoms with Crippen LogP contribution in [0.2, 0.25) is 0 Å². The van der Waals surface area contributed by atoms with E-state index in [-0.39, 0.29) is 17.8 Å². The van der Waals surface area contributed by atoms with Crippen molar-refractivity contribution in [3.63, 3.8) is 0 Å². The highest BCUT2D eigenvalue weighted by Crippen LogP contribution is 2.21. The molecule has 1 aromatic heterocycles. The number of hydrogen-bond donors (Lipinski definition) is 0. The minimum Gasteiger partial charge on any atom is -0.393 e. The predicted octanol–water partition coefficient (Wildman–Crippen LogP) is 2.25. The van der Waals surface area contributed by atoms with Crippen LogP contribution in [0.25, 0.3) is 11.0 Å². The zero-order valence-electron chi connectivity index (χ0n) is 12.1. The van der Waals surface area contributed by atoms with Gasteiger partial charge in [0, 0.05) is 25.7 Å². The molecule has 1 saturated heterocycles. The van der Waals surface area contributed by atoms with Crippen LogP contribution in [0.15, 0.2) is 24.3 Å². The third-order valence-electron chi connectivity index (χ3n) is 3.66. The van der Waals surface area contributed by atoms with Crippen LogP contribution in [0, 0.1) is 0 Å². The Balaban J connectivity index is 0.000000154. The van der Waals surface area contributed by atoms with Gasteiger partial charge < -0.3 is 4.74 Å². The Labute approximate surface area is 127 Å². The van der Waals surface area contributed by atoms with E-state index in [9.17, 15) is 14.4 Å². The lowest BCUT2D eigenvalue weighted by atomic mass is 10.1. The molecule has 1 fully saturated rings. The molecule has 6 nitrogen and oxygen atoms in total. The molecular formula is C16H16N2O4. The van der Waals surface area contributed by atoms with Crippen LogP contribution in [-0.4, -0.2) is 27.4 Å². The molecule has 0 bridgehead atoms. The summed E-state index contributed by atoms with van der Waals surface area (Å²) in [6.07, 6.45) is 3.94. The minimum absolute atomic E-state index is 0.181. The molecule has 2 aromatic rings. The fourth-order valence-corrected chi connectivity index (χ4v) is 2.64. The van der Waals surface area contributed by atoms with E-state index in [2.05, 4.69) is 9.72 Å². The van der Waals surface area contributed by atoms with Crippen molar-refractivity contribution in [2.45, 2.75) is 38.5 Å². The molecule has 0 saturated carbocycles. The summed E-state index contributed by atoms with van der Waals surface area (Å²) in [7, 11) is 0. The highest BCUT2D eigenvalue weighted by molar-refractivity contribution is 5.91. The Hall–Kier alpha value is -2.50. The van der Waals surface area contributed by atoms with E-state index < -0.39 is 0 Å². The molecule has 3 heterocycles. The maximum absolute atomic E-state index is 11.7. The van der Waals surface area contributed by atoms with Crippen molar-refractivity contribution in [1.82, 2.24) is 9.55 Å². The first-order chi connectivity index (χ1) is 10.6. The quantitative estimate of drug-likeness (QED) is 0.551. The normalized spacial score (nSPS) is 17.5. The van der Waals surface area contributed by atoms with Gasteiger partial charge in [-0.2, -0.15) is 0 Å². The van der Waals surface area contributed by atoms with E-state index in [1.807, 2.05) is 24.3 Å². The van der Waals surface area contributed by atoms with Gasteiger partial charge in [-0.05, 0) is 25.0 Å². The monoisotopic (exact) mass is 300 g/mol. The molecule has 0 unspecified atom stereocenters. The van der Waals surface area contributed by atoms with Gasteiger partial charge in [-0.25, -0.2) is 4.98 Å². The largest absolute Gasteiger partial charge is 0.393 e. The van der Waals surface area contributed by atoms with Crippen molar-refractivity contribution in [3.05, 3.63) is 30.1 Å². The van der Waals surface area contributed by atoms with Crippen molar-refractivity contribution in [1.29, 1.82) is 0 Å². The number of benzene rings is 1. The third kappa shape index (κ3) is 2.90. The molecule has 114 valence electrons. The number of carbonyl (C=O) groups is 3. The van der Waals surface area contributed by atoms with Crippen molar-refractivity contribution in [3.8, 4) is 0 Å². The summed E-state index contributed by atoms with van der Waals surface area (Å²) < 4.78 is 5.97. The topological polar surface area (TPSA) is 78.3 Å². The lowest BCUT2D eigenvalue weighted by Gasteiger charge is -2.12. The Bertz CT molecular complexity index is 734. The van der Waals surface area contributed by atoms with Crippen LogP contribution < -0.4 is 0 Å². The number of imidazole rings is 1. The average Bonchev–Trinajstić information content (AvgIpc) is 2.87. The number of rotatable bonds is 0. The summed E-state index contributed by atoms with van der Waals surface area (Å²) in [5, 5.41) is 0. The Morgan fingerprint density at radius 1 is 0.909 bits per heavy atom. The smallest absolute Gasteiger partial charge is 0.313 e. The molecule has 2 aliphatic rings. The first-order valence-corrected chi connectivity index (χ1v) is 7.38. The fraction of sp³-hybridized carbons (Fsp3) is 0.375. The van der Waals surface area contributed by atoms with Gasteiger partial charge in [0.15, 0.2) is 0 Å². The minimum atomic E-state index is -0.388. The van der Waals surface area contributed by atoms with Crippen LogP contribution in [0.1, 0.15) is 42.7 Å². The molecular weight excluding hydrogens is 284 g/mol. The molecule has 22 heavy (non-hydrogen) atoms. The zero-order valence-corrected chi connectivity index (χ0v) is 12.1. The lowest BCUT2D eigenvalue weighted by Crippen LogP contribution is -2.19. The molecule has 0 amide bonds. The summed E-state index contributed by atoms with van der Waals surface area (Å²) in [4.78, 5) is 36.6. The third-order valence-corrected chi connectivity index (χ3v) is 3.66. The van der Waals surface area contributed by atoms with Gasteiger partial charge in [0.1, 0.15) is 5.82 Å². The summed E-state index contributed by atoms with van der Waals surface area (Å²) in [5.74, 6) is 0.324. The second-order valence-electron chi connectivity index (χ2n) is 5.30. The molecule has 0 N–H and O–H groups in total. The van der Waals surface area contributed by atoms with Crippen LogP contribution >= 0.6 is 0 Å². The van der Waals surface area contributed by atoms with Crippen LogP contribution in [-0.2, 0) is 20.7 Å². The van der Waals surface area contributed by atoms with E-state index >= 15 is 0 Å². The number of fused-ring (bicyclic) bond motifs is 3. The van der Waals surface area contributed by atoms with Gasteiger partial charge in [-0.1, -0.05) is 12.1 Å². The summed E-state index contributed by atoms with van der Waals surface area (Å²) in [6.45, 7) is 0. The number of carbonyl (C=O) groups excluding carboxylic acids is 3. The van der Waals surface area contributed by atoms with Gasteiger partial charge in [0.2, 0.25) is 5.91 Å². The standard InChI is InChI=1S/C11H10N2O.C5H6O3/c14-11-7-3-6-10-12-8-4-1-2-5-9(8)13(10)11;6-4-2-1-3-5(7)8-4/h1-2,4-5H,3,6-7H2;1-3H2. The van der Waals surface area contributed by atoms with Gasteiger partial charge in [-0.15, -0.1) is 0 Å². The predicted molar refractivity (Wildman–Crippen MR) is 78.2 cm³/mol. The summed E-state index contributed by atoms with van der Waals surface area (Å²) in [5.41, 5.74) is 1.88. The number of nitrogens with zero attached hydrogens (tertiary/aromatic N) is 2. The Morgan fingerprint density at radius 2 is 1.59 bits per heavy atom. The Kier molecular flexibility index (Phi) is 4.00. The fourth-order valence-electron chi connectivity index (χ4n) is 2.64. The number of cyclic esters (lactones) is 2. The maximum atomic E-state index is 11.7. The molecule has 0 atom stereocenters. The molecule has 6 heteroatoms. The van der Waals surface area contributed by atoms with Crippen molar-refractivity contribution >= 4 is 28.9 Å². The molecule has 0 spiro atoms. The van der Waals surface area contributed by atoms with Gasteiger partial charge >= 0.3 is 11.9 Å². The number of hydrogen-bond acceptors (Lipinski definition) is 5. The van der Waals surface area contributed by atoms with Crippen LogP contribution in [0.4, 0.5) is 0 Å². The number of aryl methyl sites for hydroxylation is 1. The molecule has 4 rings (SSSR count). The van der Waals surface area contributed by atoms with Crippen molar-refractivity contribution in [2.24, 2.45) is 0 Å². The lowest BCUT2D eigenvalue weighted by molar-refractivity contribution is -0.163. The second-order valence-corrected chi connectivity index (χ2v) is 5.30. The second kappa shape index (κ2) is 6.09. The van der Waals surface area contributed by atoms with Gasteiger partial charge in [0.05, 0.1) is 11.0 Å². The van der Waals surface area contributed by atoms with Crippen molar-refractivity contribution < 1.29 is 19.1 Å². The number of para-hydroxylation sites is 2. The zero-order chi connectivity index (χ0) is 15.5. The van der Waals surface area contributed by atoms with E-state index in [1.54, 1.807) is 4.57 Å².